The first-order valence-corrected chi connectivity index (χ1v) is 7.26. The zero-order chi connectivity index (χ0) is 14.8. The van der Waals surface area contributed by atoms with Crippen molar-refractivity contribution in [2.45, 2.75) is 18.4 Å². The number of aromatic nitrogens is 1. The third-order valence-electron chi connectivity index (χ3n) is 2.59. The number of nitrogens with zero attached hydrogens (tertiary/aromatic N) is 1. The summed E-state index contributed by atoms with van der Waals surface area (Å²) in [5, 5.41) is 8.99. The smallest absolute Gasteiger partial charge is 0.265 e. The molecule has 0 aliphatic carbocycles. The molecule has 0 amide bonds. The average Bonchev–Trinajstić information content (AvgIpc) is 2.38. The molecule has 2 N–H and O–H groups in total. The van der Waals surface area contributed by atoms with Crippen molar-refractivity contribution in [1.29, 1.82) is 0 Å². The second-order valence-electron chi connectivity index (χ2n) is 4.19. The van der Waals surface area contributed by atoms with E-state index in [1.54, 1.807) is 19.1 Å². The van der Waals surface area contributed by atoms with Gasteiger partial charge in [0, 0.05) is 5.69 Å². The molecule has 1 aromatic heterocycles. The van der Waals surface area contributed by atoms with Crippen LogP contribution in [0, 0.1) is 12.7 Å². The predicted molar refractivity (Wildman–Crippen MR) is 72.1 cm³/mol. The highest BCUT2D eigenvalue weighted by atomic mass is 32.2. The fourth-order valence-corrected chi connectivity index (χ4v) is 2.77. The number of aliphatic hydroxyl groups is 1. The maximum atomic E-state index is 13.7. The normalized spacial score (nSPS) is 11.3. The van der Waals surface area contributed by atoms with Gasteiger partial charge in [-0.25, -0.2) is 17.8 Å². The summed E-state index contributed by atoms with van der Waals surface area (Å²) in [4.78, 5) is 3.47. The number of halogens is 1. The van der Waals surface area contributed by atoms with Gasteiger partial charge in [-0.05, 0) is 36.8 Å². The van der Waals surface area contributed by atoms with Gasteiger partial charge in [0.05, 0.1) is 6.61 Å². The first-order valence-electron chi connectivity index (χ1n) is 5.78. The van der Waals surface area contributed by atoms with Crippen LogP contribution in [-0.4, -0.2) is 18.5 Å². The third kappa shape index (κ3) is 3.12. The number of anilines is 1. The summed E-state index contributed by atoms with van der Waals surface area (Å²) in [6.45, 7) is 1.34. The van der Waals surface area contributed by atoms with Gasteiger partial charge in [-0.3, -0.25) is 4.72 Å². The molecule has 7 heteroatoms. The number of benzene rings is 1. The summed E-state index contributed by atoms with van der Waals surface area (Å²) >= 11 is 0. The highest BCUT2D eigenvalue weighted by Gasteiger charge is 2.20. The SMILES string of the molecule is Cc1cccc(NS(=O)(=O)c2cc(CO)ccc2F)n1. The largest absolute Gasteiger partial charge is 0.392 e. The van der Waals surface area contributed by atoms with Crippen LogP contribution in [0.5, 0.6) is 0 Å². The average molecular weight is 296 g/mol. The van der Waals surface area contributed by atoms with Crippen LogP contribution >= 0.6 is 0 Å². The van der Waals surface area contributed by atoms with Crippen molar-refractivity contribution in [2.75, 3.05) is 4.72 Å². The van der Waals surface area contributed by atoms with Crippen LogP contribution in [0.25, 0.3) is 0 Å². The molecular formula is C13H13FN2O3S. The van der Waals surface area contributed by atoms with E-state index in [1.807, 2.05) is 0 Å². The molecule has 2 aromatic rings. The highest BCUT2D eigenvalue weighted by molar-refractivity contribution is 7.92. The van der Waals surface area contributed by atoms with Gasteiger partial charge in [0.15, 0.2) is 0 Å². The summed E-state index contributed by atoms with van der Waals surface area (Å²) in [5.41, 5.74) is 0.943. The molecule has 0 unspecified atom stereocenters. The fraction of sp³-hybridized carbons (Fsp3) is 0.154. The molecule has 20 heavy (non-hydrogen) atoms. The number of aliphatic hydroxyl groups excluding tert-OH is 1. The maximum Gasteiger partial charge on any atom is 0.265 e. The number of aryl methyl sites for hydroxylation is 1. The Bertz CT molecular complexity index is 732. The van der Waals surface area contributed by atoms with Gasteiger partial charge in [-0.1, -0.05) is 12.1 Å². The van der Waals surface area contributed by atoms with Crippen molar-refractivity contribution in [2.24, 2.45) is 0 Å². The molecule has 0 aliphatic heterocycles. The number of hydrogen-bond donors (Lipinski definition) is 2. The number of sulfonamides is 1. The molecule has 0 saturated carbocycles. The fourth-order valence-electron chi connectivity index (χ4n) is 1.64. The summed E-state index contributed by atoms with van der Waals surface area (Å²) in [6, 6.07) is 8.24. The Kier molecular flexibility index (Phi) is 4.01. The van der Waals surface area contributed by atoms with Crippen LogP contribution in [0.4, 0.5) is 10.2 Å². The second-order valence-corrected chi connectivity index (χ2v) is 5.84. The first-order chi connectivity index (χ1) is 9.42. The first kappa shape index (κ1) is 14.4. The van der Waals surface area contributed by atoms with Crippen LogP contribution in [-0.2, 0) is 16.6 Å². The van der Waals surface area contributed by atoms with Gasteiger partial charge in [-0.2, -0.15) is 0 Å². The Hall–Kier alpha value is -1.99. The third-order valence-corrected chi connectivity index (χ3v) is 3.96. The Labute approximate surface area is 116 Å². The minimum atomic E-state index is -4.09. The minimum absolute atomic E-state index is 0.110. The Morgan fingerprint density at radius 1 is 1.30 bits per heavy atom. The standard InChI is InChI=1S/C13H13FN2O3S/c1-9-3-2-4-13(15-9)16-20(18,19)12-7-10(8-17)5-6-11(12)14/h2-7,17H,8H2,1H3,(H,15,16). The quantitative estimate of drug-likeness (QED) is 0.902. The van der Waals surface area contributed by atoms with Crippen LogP contribution in [0.3, 0.4) is 0 Å². The second kappa shape index (κ2) is 5.56. The molecule has 2 rings (SSSR count). The van der Waals surface area contributed by atoms with E-state index in [2.05, 4.69) is 9.71 Å². The van der Waals surface area contributed by atoms with Crippen LogP contribution < -0.4 is 4.72 Å². The van der Waals surface area contributed by atoms with Crippen molar-refractivity contribution in [3.63, 3.8) is 0 Å². The summed E-state index contributed by atoms with van der Waals surface area (Å²) in [6.07, 6.45) is 0. The van der Waals surface area contributed by atoms with Crippen molar-refractivity contribution < 1.29 is 17.9 Å². The summed E-state index contributed by atoms with van der Waals surface area (Å²) < 4.78 is 40.1. The molecule has 0 fully saturated rings. The lowest BCUT2D eigenvalue weighted by Gasteiger charge is -2.09. The number of hydrogen-bond acceptors (Lipinski definition) is 4. The van der Waals surface area contributed by atoms with Crippen LogP contribution in [0.2, 0.25) is 0 Å². The predicted octanol–water partition coefficient (Wildman–Crippen LogP) is 1.82. The van der Waals surface area contributed by atoms with E-state index >= 15 is 0 Å². The number of rotatable bonds is 4. The van der Waals surface area contributed by atoms with Gasteiger partial charge in [0.1, 0.15) is 16.5 Å². The molecule has 5 nitrogen and oxygen atoms in total. The molecule has 0 saturated heterocycles. The van der Waals surface area contributed by atoms with Crippen molar-refractivity contribution in [3.8, 4) is 0 Å². The van der Waals surface area contributed by atoms with E-state index in [0.29, 0.717) is 11.3 Å². The van der Waals surface area contributed by atoms with Crippen LogP contribution in [0.15, 0.2) is 41.3 Å². The molecule has 106 valence electrons. The van der Waals surface area contributed by atoms with Crippen molar-refractivity contribution in [1.82, 2.24) is 4.98 Å². The lowest BCUT2D eigenvalue weighted by atomic mass is 10.2. The zero-order valence-corrected chi connectivity index (χ0v) is 11.5. The lowest BCUT2D eigenvalue weighted by molar-refractivity contribution is 0.281. The van der Waals surface area contributed by atoms with Gasteiger partial charge in [0.25, 0.3) is 10.0 Å². The summed E-state index contributed by atoms with van der Waals surface area (Å²) in [5.74, 6) is -0.777. The molecule has 0 spiro atoms. The monoisotopic (exact) mass is 296 g/mol. The Morgan fingerprint density at radius 2 is 2.05 bits per heavy atom. The van der Waals surface area contributed by atoms with Gasteiger partial charge in [0.2, 0.25) is 0 Å². The van der Waals surface area contributed by atoms with Crippen molar-refractivity contribution >= 4 is 15.8 Å². The molecule has 1 heterocycles. The Morgan fingerprint density at radius 3 is 2.70 bits per heavy atom. The summed E-state index contributed by atoms with van der Waals surface area (Å²) in [7, 11) is -4.09. The van der Waals surface area contributed by atoms with E-state index in [1.165, 1.54) is 12.1 Å². The van der Waals surface area contributed by atoms with E-state index in [4.69, 9.17) is 5.11 Å². The zero-order valence-electron chi connectivity index (χ0n) is 10.7. The molecule has 0 aliphatic rings. The lowest BCUT2D eigenvalue weighted by Crippen LogP contribution is -2.16. The topological polar surface area (TPSA) is 79.3 Å². The van der Waals surface area contributed by atoms with E-state index in [0.717, 1.165) is 12.1 Å². The maximum absolute atomic E-state index is 13.7. The molecule has 0 bridgehead atoms. The number of pyridine rings is 1. The number of nitrogens with one attached hydrogen (secondary N) is 1. The molecule has 0 atom stereocenters. The van der Waals surface area contributed by atoms with E-state index < -0.39 is 20.7 Å². The highest BCUT2D eigenvalue weighted by Crippen LogP contribution is 2.19. The molecule has 0 radical (unpaired) electrons. The van der Waals surface area contributed by atoms with Crippen molar-refractivity contribution in [3.05, 3.63) is 53.5 Å². The molecule has 1 aromatic carbocycles. The van der Waals surface area contributed by atoms with E-state index in [-0.39, 0.29) is 12.4 Å². The van der Waals surface area contributed by atoms with Gasteiger partial charge >= 0.3 is 0 Å². The van der Waals surface area contributed by atoms with Gasteiger partial charge in [-0.15, -0.1) is 0 Å². The van der Waals surface area contributed by atoms with Crippen LogP contribution in [0.1, 0.15) is 11.3 Å². The minimum Gasteiger partial charge on any atom is -0.392 e. The van der Waals surface area contributed by atoms with Gasteiger partial charge < -0.3 is 5.11 Å². The van der Waals surface area contributed by atoms with E-state index in [9.17, 15) is 12.8 Å². The molecular weight excluding hydrogens is 283 g/mol. The Balaban J connectivity index is 2.40.